The van der Waals surface area contributed by atoms with Gasteiger partial charge in [-0.1, -0.05) is 36.2 Å². The second-order valence-corrected chi connectivity index (χ2v) is 14.3. The van der Waals surface area contributed by atoms with Crippen molar-refractivity contribution >= 4 is 75.8 Å². The van der Waals surface area contributed by atoms with Crippen molar-refractivity contribution in [2.75, 3.05) is 58.4 Å². The van der Waals surface area contributed by atoms with Gasteiger partial charge in [-0.05, 0) is 81.8 Å². The summed E-state index contributed by atoms with van der Waals surface area (Å²) in [6.07, 6.45) is 3.43. The lowest BCUT2D eigenvalue weighted by molar-refractivity contribution is -0.147. The molecule has 0 saturated carbocycles. The number of thiol groups is 1. The number of halogens is 1. The Morgan fingerprint density at radius 1 is 1.06 bits per heavy atom. The summed E-state index contributed by atoms with van der Waals surface area (Å²) in [5.41, 5.74) is 2.64. The van der Waals surface area contributed by atoms with E-state index in [2.05, 4.69) is 23.3 Å². The maximum atomic E-state index is 13.5. The van der Waals surface area contributed by atoms with E-state index in [9.17, 15) is 24.0 Å². The standard InChI is InChI=1S/C37H48ClN5O7S2/c1-5-50-36(47)32-23-52-37(48)42(32)19-18-41(3)31(22-51)34(45)40-17-9-7-6-8-16-39-33(44)21-28-24(2)43(30-15-14-27(49-4)20-29(28)30)35(46)25-10-12-26(38)13-11-25/h10-15,20,31-32,51H,5-9,16-19,21-23H2,1-4H3,(H,39,44)(H,40,45)/t31-,32-/m1/s1. The maximum absolute atomic E-state index is 13.5. The van der Waals surface area contributed by atoms with Crippen molar-refractivity contribution in [3.63, 3.8) is 0 Å². The minimum Gasteiger partial charge on any atom is -0.497 e. The number of likely N-dealkylation sites (N-methyl/N-ethyl adjacent to an activating group) is 1. The van der Waals surface area contributed by atoms with Gasteiger partial charge in [-0.15, -0.1) is 0 Å². The summed E-state index contributed by atoms with van der Waals surface area (Å²) < 4.78 is 12.2. The van der Waals surface area contributed by atoms with E-state index < -0.39 is 18.1 Å². The van der Waals surface area contributed by atoms with E-state index >= 15 is 0 Å². The van der Waals surface area contributed by atoms with Gasteiger partial charge in [0.05, 0.1) is 31.7 Å². The molecule has 0 spiro atoms. The first-order valence-electron chi connectivity index (χ1n) is 17.4. The molecule has 2 N–H and O–H groups in total. The quantitative estimate of drug-likeness (QED) is 0.0877. The molecule has 0 unspecified atom stereocenters. The molecule has 1 saturated heterocycles. The Morgan fingerprint density at radius 3 is 2.40 bits per heavy atom. The molecular formula is C37H48ClN5O7S2. The zero-order chi connectivity index (χ0) is 37.8. The van der Waals surface area contributed by atoms with Crippen LogP contribution in [-0.4, -0.2) is 114 Å². The monoisotopic (exact) mass is 773 g/mol. The minimum absolute atomic E-state index is 0.114. The normalized spacial score (nSPS) is 14.9. The van der Waals surface area contributed by atoms with Crippen molar-refractivity contribution < 1.29 is 33.4 Å². The largest absolute Gasteiger partial charge is 0.497 e. The fraction of sp³-hybridized carbons (Fsp3) is 0.486. The van der Waals surface area contributed by atoms with Gasteiger partial charge in [0.25, 0.3) is 11.1 Å². The third-order valence-electron chi connectivity index (χ3n) is 9.13. The summed E-state index contributed by atoms with van der Waals surface area (Å²) in [4.78, 5) is 67.5. The van der Waals surface area contributed by atoms with E-state index in [0.717, 1.165) is 48.4 Å². The van der Waals surface area contributed by atoms with Crippen LogP contribution in [0.4, 0.5) is 4.79 Å². The Bertz CT molecular complexity index is 1740. The fourth-order valence-electron chi connectivity index (χ4n) is 6.15. The number of carbonyl (C=O) groups is 5. The number of unbranched alkanes of at least 4 members (excludes halogenated alkanes) is 3. The highest BCUT2D eigenvalue weighted by Crippen LogP contribution is 2.31. The molecule has 0 bridgehead atoms. The smallest absolute Gasteiger partial charge is 0.329 e. The van der Waals surface area contributed by atoms with Gasteiger partial charge in [-0.2, -0.15) is 12.6 Å². The number of methoxy groups -OCH3 is 1. The van der Waals surface area contributed by atoms with Crippen LogP contribution in [0.5, 0.6) is 5.75 Å². The number of ether oxygens (including phenoxy) is 2. The Morgan fingerprint density at radius 2 is 1.75 bits per heavy atom. The van der Waals surface area contributed by atoms with Gasteiger partial charge >= 0.3 is 5.97 Å². The molecule has 2 atom stereocenters. The number of rotatable bonds is 19. The van der Waals surface area contributed by atoms with Gasteiger partial charge in [0.2, 0.25) is 11.8 Å². The highest BCUT2D eigenvalue weighted by molar-refractivity contribution is 8.13. The maximum Gasteiger partial charge on any atom is 0.329 e. The molecule has 0 aliphatic carbocycles. The number of nitrogens with one attached hydrogen (secondary N) is 2. The number of amides is 3. The van der Waals surface area contributed by atoms with E-state index in [0.29, 0.717) is 65.2 Å². The average Bonchev–Trinajstić information content (AvgIpc) is 3.63. The van der Waals surface area contributed by atoms with Crippen LogP contribution < -0.4 is 15.4 Å². The van der Waals surface area contributed by atoms with Crippen molar-refractivity contribution in [1.29, 1.82) is 0 Å². The lowest BCUT2D eigenvalue weighted by atomic mass is 10.1. The highest BCUT2D eigenvalue weighted by atomic mass is 35.5. The van der Waals surface area contributed by atoms with E-state index in [1.165, 1.54) is 4.90 Å². The van der Waals surface area contributed by atoms with E-state index in [4.69, 9.17) is 21.1 Å². The Hall–Kier alpha value is -3.72. The van der Waals surface area contributed by atoms with Crippen LogP contribution in [-0.2, 0) is 25.5 Å². The van der Waals surface area contributed by atoms with Crippen molar-refractivity contribution in [3.8, 4) is 5.75 Å². The Labute approximate surface area is 319 Å². The summed E-state index contributed by atoms with van der Waals surface area (Å²) in [6.45, 7) is 5.56. The van der Waals surface area contributed by atoms with Gasteiger partial charge in [-0.3, -0.25) is 28.6 Å². The minimum atomic E-state index is -0.609. The van der Waals surface area contributed by atoms with Gasteiger partial charge in [-0.25, -0.2) is 4.79 Å². The summed E-state index contributed by atoms with van der Waals surface area (Å²) in [7, 11) is 3.38. The van der Waals surface area contributed by atoms with Crippen molar-refractivity contribution in [2.24, 2.45) is 0 Å². The Kier molecular flexibility index (Phi) is 15.7. The van der Waals surface area contributed by atoms with Gasteiger partial charge in [0, 0.05) is 59.4 Å². The van der Waals surface area contributed by atoms with E-state index in [1.807, 2.05) is 24.0 Å². The highest BCUT2D eigenvalue weighted by Gasteiger charge is 2.38. The summed E-state index contributed by atoms with van der Waals surface area (Å²) in [5.74, 6) is 0.408. The molecule has 1 aromatic heterocycles. The summed E-state index contributed by atoms with van der Waals surface area (Å²) in [6, 6.07) is 11.1. The summed E-state index contributed by atoms with van der Waals surface area (Å²) >= 11 is 11.5. The molecule has 1 fully saturated rings. The van der Waals surface area contributed by atoms with Crippen molar-refractivity contribution in [1.82, 2.24) is 25.0 Å². The van der Waals surface area contributed by atoms with Crippen LogP contribution in [0.1, 0.15) is 54.2 Å². The topological polar surface area (TPSA) is 139 Å². The van der Waals surface area contributed by atoms with E-state index in [1.54, 1.807) is 56.0 Å². The summed E-state index contributed by atoms with van der Waals surface area (Å²) in [5, 5.41) is 7.15. The number of esters is 1. The SMILES string of the molecule is CCOC(=O)[C@H]1CSC(=O)N1CCN(C)[C@H](CS)C(=O)NCCCCCCNC(=O)Cc1c(C)n(C(=O)c2ccc(Cl)cc2)c2ccc(OC)cc12. The van der Waals surface area contributed by atoms with Gasteiger partial charge in [0.1, 0.15) is 11.8 Å². The zero-order valence-electron chi connectivity index (χ0n) is 30.1. The first-order chi connectivity index (χ1) is 25.0. The number of benzene rings is 2. The van der Waals surface area contributed by atoms with Crippen molar-refractivity contribution in [3.05, 3.63) is 64.3 Å². The molecule has 15 heteroatoms. The number of hydrogen-bond donors (Lipinski definition) is 3. The van der Waals surface area contributed by atoms with Crippen LogP contribution in [0.2, 0.25) is 5.02 Å². The number of aromatic nitrogens is 1. The van der Waals surface area contributed by atoms with Crippen LogP contribution in [0.15, 0.2) is 42.5 Å². The third-order valence-corrected chi connectivity index (χ3v) is 10.7. The second-order valence-electron chi connectivity index (χ2n) is 12.5. The molecule has 12 nitrogen and oxygen atoms in total. The first-order valence-corrected chi connectivity index (χ1v) is 19.4. The molecule has 1 aliphatic rings. The average molecular weight is 774 g/mol. The van der Waals surface area contributed by atoms with Gasteiger partial charge in [0.15, 0.2) is 0 Å². The second kappa shape index (κ2) is 19.9. The number of hydrogen-bond acceptors (Lipinski definition) is 10. The number of carbonyl (C=O) groups excluding carboxylic acids is 5. The molecule has 3 aromatic rings. The molecule has 0 radical (unpaired) electrons. The van der Waals surface area contributed by atoms with Crippen LogP contribution >= 0.6 is 36.0 Å². The zero-order valence-corrected chi connectivity index (χ0v) is 32.6. The molecule has 1 aliphatic heterocycles. The molecule has 282 valence electrons. The molecule has 3 amide bonds. The van der Waals surface area contributed by atoms with Crippen LogP contribution in [0, 0.1) is 6.92 Å². The third kappa shape index (κ3) is 10.5. The van der Waals surface area contributed by atoms with Crippen LogP contribution in [0.3, 0.4) is 0 Å². The fourth-order valence-corrected chi connectivity index (χ4v) is 7.73. The number of fused-ring (bicyclic) bond motifs is 1. The molecule has 2 heterocycles. The van der Waals surface area contributed by atoms with Gasteiger partial charge < -0.3 is 25.0 Å². The molecule has 2 aromatic carbocycles. The predicted octanol–water partition coefficient (Wildman–Crippen LogP) is 4.97. The van der Waals surface area contributed by atoms with Crippen LogP contribution in [0.25, 0.3) is 10.9 Å². The van der Waals surface area contributed by atoms with Crippen molar-refractivity contribution in [2.45, 2.75) is 58.0 Å². The molecule has 52 heavy (non-hydrogen) atoms. The first kappa shape index (κ1) is 41.0. The number of nitrogens with zero attached hydrogens (tertiary/aromatic N) is 3. The lowest BCUT2D eigenvalue weighted by Crippen LogP contribution is -2.50. The molecular weight excluding hydrogens is 726 g/mol. The lowest BCUT2D eigenvalue weighted by Gasteiger charge is -2.29. The Balaban J connectivity index is 1.19. The number of thioether (sulfide) groups is 1. The van der Waals surface area contributed by atoms with E-state index in [-0.39, 0.29) is 36.0 Å². The predicted molar refractivity (Wildman–Crippen MR) is 208 cm³/mol. The molecule has 4 rings (SSSR count).